The van der Waals surface area contributed by atoms with Gasteiger partial charge in [0.2, 0.25) is 11.8 Å². The Kier molecular flexibility index (Phi) is 11.4. The van der Waals surface area contributed by atoms with Crippen LogP contribution in [-0.4, -0.2) is 38.1 Å². The van der Waals surface area contributed by atoms with Crippen molar-refractivity contribution >= 4 is 29.9 Å². The Balaban J connectivity index is 0.00000529. The average molecular weight is 360 g/mol. The van der Waals surface area contributed by atoms with Gasteiger partial charge in [-0.25, -0.2) is 0 Å². The van der Waals surface area contributed by atoms with Crippen LogP contribution in [0.15, 0.2) is 18.2 Å². The van der Waals surface area contributed by atoms with E-state index in [-0.39, 0.29) is 37.3 Å². The molecule has 0 spiro atoms. The lowest BCUT2D eigenvalue weighted by atomic mass is 10.2. The van der Waals surface area contributed by atoms with E-state index in [1.54, 1.807) is 18.2 Å². The molecule has 0 aliphatic carbocycles. The predicted octanol–water partition coefficient (Wildman–Crippen LogP) is 1.70. The number of nitrogens with one attached hydrogen (secondary N) is 2. The first-order chi connectivity index (χ1) is 11.1. The van der Waals surface area contributed by atoms with Gasteiger partial charge in [-0.05, 0) is 25.0 Å². The summed E-state index contributed by atoms with van der Waals surface area (Å²) in [4.78, 5) is 22.8. The molecule has 0 saturated carbocycles. The van der Waals surface area contributed by atoms with Crippen molar-refractivity contribution < 1.29 is 19.1 Å². The van der Waals surface area contributed by atoms with Gasteiger partial charge < -0.3 is 25.8 Å². The highest BCUT2D eigenvalue weighted by Gasteiger charge is 2.09. The van der Waals surface area contributed by atoms with Crippen LogP contribution in [0.25, 0.3) is 0 Å². The Morgan fingerprint density at radius 3 is 2.25 bits per heavy atom. The second kappa shape index (κ2) is 12.4. The van der Waals surface area contributed by atoms with Crippen LogP contribution in [0.5, 0.6) is 11.5 Å². The fourth-order valence-corrected chi connectivity index (χ4v) is 1.70. The molecule has 0 bridgehead atoms. The molecule has 0 saturated heterocycles. The molecule has 0 fully saturated rings. The number of halogens is 1. The largest absolute Gasteiger partial charge is 0.490 e. The Hall–Kier alpha value is -1.99. The molecule has 0 aliphatic heterocycles. The van der Waals surface area contributed by atoms with Crippen LogP contribution in [0.1, 0.15) is 26.7 Å². The van der Waals surface area contributed by atoms with Gasteiger partial charge in [-0.2, -0.15) is 0 Å². The van der Waals surface area contributed by atoms with Gasteiger partial charge >= 0.3 is 0 Å². The molecule has 136 valence electrons. The molecule has 2 amide bonds. The molecule has 1 aromatic rings. The van der Waals surface area contributed by atoms with E-state index in [4.69, 9.17) is 15.2 Å². The van der Waals surface area contributed by atoms with Crippen LogP contribution >= 0.6 is 12.4 Å². The Labute approximate surface area is 148 Å². The monoisotopic (exact) mass is 359 g/mol. The zero-order valence-corrected chi connectivity index (χ0v) is 14.9. The number of hydrogen-bond donors (Lipinski definition) is 3. The number of amides is 2. The van der Waals surface area contributed by atoms with Crippen molar-refractivity contribution in [3.05, 3.63) is 18.2 Å². The van der Waals surface area contributed by atoms with E-state index in [0.717, 1.165) is 12.8 Å². The van der Waals surface area contributed by atoms with Crippen LogP contribution in [0.3, 0.4) is 0 Å². The molecular formula is C16H26ClN3O4. The van der Waals surface area contributed by atoms with Crippen LogP contribution < -0.4 is 25.8 Å². The summed E-state index contributed by atoms with van der Waals surface area (Å²) in [6, 6.07) is 5.20. The third-order valence-electron chi connectivity index (χ3n) is 2.78. The summed E-state index contributed by atoms with van der Waals surface area (Å²) in [6.07, 6.45) is 1.77. The number of carbonyl (C=O) groups is 2. The second-order valence-electron chi connectivity index (χ2n) is 4.89. The summed E-state index contributed by atoms with van der Waals surface area (Å²) in [5.74, 6) is 0.518. The molecule has 8 heteroatoms. The maximum atomic E-state index is 11.8. The molecule has 4 N–H and O–H groups in total. The van der Waals surface area contributed by atoms with Gasteiger partial charge in [0.05, 0.1) is 26.3 Å². The van der Waals surface area contributed by atoms with Gasteiger partial charge in [0.15, 0.2) is 11.5 Å². The number of benzene rings is 1. The van der Waals surface area contributed by atoms with Gasteiger partial charge in [-0.3, -0.25) is 9.59 Å². The molecule has 24 heavy (non-hydrogen) atoms. The molecular weight excluding hydrogens is 334 g/mol. The summed E-state index contributed by atoms with van der Waals surface area (Å²) >= 11 is 0. The normalized spacial score (nSPS) is 9.62. The molecule has 0 atom stereocenters. The molecule has 0 aliphatic rings. The molecule has 1 rings (SSSR count). The lowest BCUT2D eigenvalue weighted by molar-refractivity contribution is -0.123. The average Bonchev–Trinajstić information content (AvgIpc) is 2.56. The third-order valence-corrected chi connectivity index (χ3v) is 2.78. The predicted molar refractivity (Wildman–Crippen MR) is 96.0 cm³/mol. The zero-order valence-electron chi connectivity index (χ0n) is 14.1. The minimum atomic E-state index is -0.379. The van der Waals surface area contributed by atoms with Crippen molar-refractivity contribution in [3.8, 4) is 11.5 Å². The quantitative estimate of drug-likeness (QED) is 0.590. The SMILES string of the molecule is CCCOc1ccc(NC(=O)CNC(=O)CN)cc1OCCC.Cl. The zero-order chi connectivity index (χ0) is 17.1. The minimum Gasteiger partial charge on any atom is -0.490 e. The highest BCUT2D eigenvalue weighted by molar-refractivity contribution is 5.95. The molecule has 0 heterocycles. The van der Waals surface area contributed by atoms with Crippen LogP contribution in [0.4, 0.5) is 5.69 Å². The first-order valence-corrected chi connectivity index (χ1v) is 7.77. The highest BCUT2D eigenvalue weighted by atomic mass is 35.5. The standard InChI is InChI=1S/C16H25N3O4.ClH/c1-3-7-22-13-6-5-12(9-14(13)23-8-4-2)19-16(21)11-18-15(20)10-17;/h5-6,9H,3-4,7-8,10-11,17H2,1-2H3,(H,18,20)(H,19,21);1H. The number of rotatable bonds is 10. The van der Waals surface area contributed by atoms with Crippen molar-refractivity contribution in [2.24, 2.45) is 5.73 Å². The van der Waals surface area contributed by atoms with Crippen LogP contribution in [0, 0.1) is 0 Å². The van der Waals surface area contributed by atoms with Gasteiger partial charge in [0.25, 0.3) is 0 Å². The van der Waals surface area contributed by atoms with Crippen molar-refractivity contribution in [1.82, 2.24) is 5.32 Å². The topological polar surface area (TPSA) is 103 Å². The van der Waals surface area contributed by atoms with E-state index in [1.807, 2.05) is 13.8 Å². The van der Waals surface area contributed by atoms with Crippen molar-refractivity contribution in [2.75, 3.05) is 31.6 Å². The van der Waals surface area contributed by atoms with Gasteiger partial charge in [-0.1, -0.05) is 13.8 Å². The van der Waals surface area contributed by atoms with Gasteiger partial charge in [-0.15, -0.1) is 12.4 Å². The second-order valence-corrected chi connectivity index (χ2v) is 4.89. The Morgan fingerprint density at radius 1 is 1.04 bits per heavy atom. The first-order valence-electron chi connectivity index (χ1n) is 7.77. The van der Waals surface area contributed by atoms with Gasteiger partial charge in [0, 0.05) is 11.8 Å². The van der Waals surface area contributed by atoms with E-state index < -0.39 is 0 Å². The summed E-state index contributed by atoms with van der Waals surface area (Å²) in [5, 5.41) is 5.10. The van der Waals surface area contributed by atoms with Crippen molar-refractivity contribution in [3.63, 3.8) is 0 Å². The number of nitrogens with two attached hydrogens (primary N) is 1. The van der Waals surface area contributed by atoms with Crippen LogP contribution in [-0.2, 0) is 9.59 Å². The summed E-state index contributed by atoms with van der Waals surface area (Å²) < 4.78 is 11.3. The van der Waals surface area contributed by atoms with Crippen molar-refractivity contribution in [1.29, 1.82) is 0 Å². The Bertz CT molecular complexity index is 526. The maximum Gasteiger partial charge on any atom is 0.243 e. The van der Waals surface area contributed by atoms with Crippen molar-refractivity contribution in [2.45, 2.75) is 26.7 Å². The van der Waals surface area contributed by atoms with Crippen LogP contribution in [0.2, 0.25) is 0 Å². The van der Waals surface area contributed by atoms with E-state index >= 15 is 0 Å². The number of ether oxygens (including phenoxy) is 2. The van der Waals surface area contributed by atoms with E-state index in [9.17, 15) is 9.59 Å². The fraction of sp³-hybridized carbons (Fsp3) is 0.500. The molecule has 0 radical (unpaired) electrons. The smallest absolute Gasteiger partial charge is 0.243 e. The fourth-order valence-electron chi connectivity index (χ4n) is 1.70. The number of anilines is 1. The molecule has 1 aromatic carbocycles. The molecule has 7 nitrogen and oxygen atoms in total. The summed E-state index contributed by atoms with van der Waals surface area (Å²) in [5.41, 5.74) is 5.74. The Morgan fingerprint density at radius 2 is 1.67 bits per heavy atom. The van der Waals surface area contributed by atoms with E-state index in [1.165, 1.54) is 0 Å². The first kappa shape index (κ1) is 22.0. The molecule has 0 unspecified atom stereocenters. The number of hydrogen-bond acceptors (Lipinski definition) is 5. The molecule has 0 aromatic heterocycles. The summed E-state index contributed by atoms with van der Waals surface area (Å²) in [6.45, 7) is 4.92. The third kappa shape index (κ3) is 8.03. The lowest BCUT2D eigenvalue weighted by Crippen LogP contribution is -2.36. The lowest BCUT2D eigenvalue weighted by Gasteiger charge is -2.14. The van der Waals surface area contributed by atoms with Gasteiger partial charge in [0.1, 0.15) is 0 Å². The highest BCUT2D eigenvalue weighted by Crippen LogP contribution is 2.30. The maximum absolute atomic E-state index is 11.8. The summed E-state index contributed by atoms with van der Waals surface area (Å²) in [7, 11) is 0. The number of carbonyl (C=O) groups excluding carboxylic acids is 2. The minimum absolute atomic E-state index is 0. The van der Waals surface area contributed by atoms with E-state index in [0.29, 0.717) is 30.4 Å². The van der Waals surface area contributed by atoms with E-state index in [2.05, 4.69) is 10.6 Å².